The van der Waals surface area contributed by atoms with E-state index in [1.807, 2.05) is 91.9 Å². The highest BCUT2D eigenvalue weighted by atomic mass is 16.6. The summed E-state index contributed by atoms with van der Waals surface area (Å²) >= 11 is 0. The number of benzene rings is 4. The highest BCUT2D eigenvalue weighted by Crippen LogP contribution is 2.39. The van der Waals surface area contributed by atoms with Crippen molar-refractivity contribution in [1.29, 1.82) is 0 Å². The van der Waals surface area contributed by atoms with E-state index in [2.05, 4.69) is 20.6 Å². The summed E-state index contributed by atoms with van der Waals surface area (Å²) in [5.74, 6) is -0.414. The number of pyridine rings is 2. The molecule has 380 valence electrons. The number of rotatable bonds is 21. The molecule has 0 aliphatic heterocycles. The number of fused-ring (bicyclic) bond motifs is 8. The number of aryl methyl sites for hydroxylation is 1. The maximum Gasteiger partial charge on any atom is 0.344 e. The number of para-hydroxylation sites is 4. The van der Waals surface area contributed by atoms with Crippen LogP contribution in [-0.4, -0.2) is 99.0 Å². The average molecular weight is 993 g/mol. The fraction of sp³-hybridized carbons (Fsp3) is 0.316. The van der Waals surface area contributed by atoms with Crippen LogP contribution in [0.15, 0.2) is 109 Å². The Labute approximate surface area is 424 Å². The molecule has 16 nitrogen and oxygen atoms in total. The molecule has 0 fully saturated rings. The van der Waals surface area contributed by atoms with Crippen LogP contribution in [-0.2, 0) is 59.1 Å². The Balaban J connectivity index is 1.17. The lowest BCUT2D eigenvalue weighted by Gasteiger charge is -2.22. The first-order valence-corrected chi connectivity index (χ1v) is 24.4. The van der Waals surface area contributed by atoms with Crippen LogP contribution in [0.4, 0.5) is 0 Å². The van der Waals surface area contributed by atoms with E-state index in [0.717, 1.165) is 50.1 Å². The molecule has 2 amide bonds. The number of ether oxygens (including phenoxy) is 7. The molecule has 1 aliphatic carbocycles. The molecule has 4 aromatic carbocycles. The Morgan fingerprint density at radius 3 is 1.21 bits per heavy atom. The van der Waals surface area contributed by atoms with Crippen molar-refractivity contribution in [1.82, 2.24) is 20.6 Å². The molecule has 2 N–H and O–H groups in total. The van der Waals surface area contributed by atoms with Crippen LogP contribution in [0.2, 0.25) is 0 Å². The summed E-state index contributed by atoms with van der Waals surface area (Å²) in [6, 6.07) is 30.0. The molecule has 0 atom stereocenters. The van der Waals surface area contributed by atoms with Gasteiger partial charge in [0.1, 0.15) is 23.0 Å². The quantitative estimate of drug-likeness (QED) is 0.0414. The van der Waals surface area contributed by atoms with Crippen molar-refractivity contribution in [3.63, 3.8) is 0 Å². The van der Waals surface area contributed by atoms with Crippen LogP contribution < -0.4 is 29.6 Å². The minimum Gasteiger partial charge on any atom is -0.483 e. The van der Waals surface area contributed by atoms with E-state index < -0.39 is 17.9 Å². The monoisotopic (exact) mass is 992 g/mol. The van der Waals surface area contributed by atoms with Gasteiger partial charge in [0.2, 0.25) is 0 Å². The lowest BCUT2D eigenvalue weighted by Crippen LogP contribution is -2.32. The van der Waals surface area contributed by atoms with Crippen molar-refractivity contribution < 1.29 is 57.1 Å². The van der Waals surface area contributed by atoms with Gasteiger partial charge in [0.05, 0.1) is 31.2 Å². The lowest BCUT2D eigenvalue weighted by molar-refractivity contribution is -0.146. The maximum atomic E-state index is 13.5. The zero-order chi connectivity index (χ0) is 51.5. The van der Waals surface area contributed by atoms with Gasteiger partial charge in [-0.1, -0.05) is 72.8 Å². The van der Waals surface area contributed by atoms with Gasteiger partial charge >= 0.3 is 17.9 Å². The molecule has 73 heavy (non-hydrogen) atoms. The second kappa shape index (κ2) is 26.3. The fourth-order valence-corrected chi connectivity index (χ4v) is 8.43. The minimum atomic E-state index is -0.536. The lowest BCUT2D eigenvalue weighted by atomic mass is 9.91. The summed E-state index contributed by atoms with van der Waals surface area (Å²) in [5.41, 5.74) is 8.55. The van der Waals surface area contributed by atoms with Gasteiger partial charge in [0, 0.05) is 56.7 Å². The predicted molar refractivity (Wildman–Crippen MR) is 271 cm³/mol. The van der Waals surface area contributed by atoms with Crippen LogP contribution >= 0.6 is 0 Å². The molecule has 7 rings (SSSR count). The van der Waals surface area contributed by atoms with E-state index >= 15 is 0 Å². The van der Waals surface area contributed by atoms with Gasteiger partial charge in [-0.3, -0.25) is 19.6 Å². The third-order valence-electron chi connectivity index (χ3n) is 11.7. The van der Waals surface area contributed by atoms with Gasteiger partial charge in [-0.05, 0) is 108 Å². The Morgan fingerprint density at radius 2 is 0.822 bits per heavy atom. The normalized spacial score (nSPS) is 11.6. The minimum absolute atomic E-state index is 0.181. The second-order valence-electron chi connectivity index (χ2n) is 17.0. The summed E-state index contributed by atoms with van der Waals surface area (Å²) in [4.78, 5) is 73.6. The third-order valence-corrected chi connectivity index (χ3v) is 11.7. The van der Waals surface area contributed by atoms with Crippen LogP contribution in [0, 0.1) is 6.92 Å². The number of amides is 2. The smallest absolute Gasteiger partial charge is 0.344 e. The maximum absolute atomic E-state index is 13.5. The molecule has 6 aromatic rings. The van der Waals surface area contributed by atoms with Crippen LogP contribution in [0.25, 0.3) is 11.4 Å². The number of carbonyl (C=O) groups excluding carboxylic acids is 5. The van der Waals surface area contributed by atoms with Gasteiger partial charge in [-0.25, -0.2) is 14.4 Å². The summed E-state index contributed by atoms with van der Waals surface area (Å²) in [5, 5.41) is 5.82. The van der Waals surface area contributed by atoms with Crippen molar-refractivity contribution in [2.24, 2.45) is 0 Å². The number of nitrogens with zero attached hydrogens (tertiary/aromatic N) is 2. The van der Waals surface area contributed by atoms with E-state index in [0.29, 0.717) is 52.9 Å². The molecular weight excluding hydrogens is 933 g/mol. The average Bonchev–Trinajstić information content (AvgIpc) is 3.37. The Bertz CT molecular complexity index is 2810. The fourth-order valence-electron chi connectivity index (χ4n) is 8.43. The first kappa shape index (κ1) is 52.6. The van der Waals surface area contributed by atoms with E-state index in [1.165, 1.54) is 0 Å². The summed E-state index contributed by atoms with van der Waals surface area (Å²) in [6.45, 7) is 6.89. The molecule has 2 heterocycles. The molecule has 16 heteroatoms. The zero-order valence-corrected chi connectivity index (χ0v) is 41.6. The topological polar surface area (TPSA) is 200 Å². The van der Waals surface area contributed by atoms with E-state index in [4.69, 9.17) is 33.2 Å². The van der Waals surface area contributed by atoms with Crippen molar-refractivity contribution >= 4 is 29.7 Å². The van der Waals surface area contributed by atoms with Crippen LogP contribution in [0.3, 0.4) is 0 Å². The largest absolute Gasteiger partial charge is 0.483 e. The van der Waals surface area contributed by atoms with Gasteiger partial charge in [-0.15, -0.1) is 0 Å². The van der Waals surface area contributed by atoms with Crippen LogP contribution in [0.1, 0.15) is 87.6 Å². The summed E-state index contributed by atoms with van der Waals surface area (Å²) < 4.78 is 41.2. The van der Waals surface area contributed by atoms with Crippen molar-refractivity contribution in [3.8, 4) is 34.4 Å². The number of aromatic nitrogens is 2. The first-order chi connectivity index (χ1) is 35.5. The molecule has 8 bridgehead atoms. The Morgan fingerprint density at radius 1 is 0.466 bits per heavy atom. The first-order valence-electron chi connectivity index (χ1n) is 24.4. The van der Waals surface area contributed by atoms with Gasteiger partial charge in [0.15, 0.2) is 26.4 Å². The van der Waals surface area contributed by atoms with Gasteiger partial charge in [0.25, 0.3) is 11.8 Å². The molecule has 0 saturated carbocycles. The number of carbonyl (C=O) groups is 5. The number of esters is 3. The van der Waals surface area contributed by atoms with Gasteiger partial charge in [-0.2, -0.15) is 0 Å². The third kappa shape index (κ3) is 14.7. The van der Waals surface area contributed by atoms with Gasteiger partial charge < -0.3 is 43.8 Å². The second-order valence-corrected chi connectivity index (χ2v) is 17.0. The van der Waals surface area contributed by atoms with Crippen LogP contribution in [0.5, 0.6) is 23.0 Å². The Kier molecular flexibility index (Phi) is 18.9. The predicted octanol–water partition coefficient (Wildman–Crippen LogP) is 7.27. The molecule has 1 aliphatic rings. The standard InChI is InChI=1S/C57H60N4O12/c1-5-67-50(63)34-71-54-40-15-9-17-42(54)30-44-19-11-20-45(56(44)73-36-52(65)69-7-3)31-43-18-10-16-41(55(43)72-35-51(64)68-6-2)29-39-14-8-13-38(28-40)53(39)70-33-49(62)60-23-12-24-61-57(66)46-22-26-59-48(32-46)47-27-37(4)21-25-58-47/h8-11,13-22,25-27,32H,5-7,12,23-24,28-31,33-36H2,1-4H3,(H,60,62)(H,61,66). The SMILES string of the molecule is CCOC(=O)COc1c2cccc1Cc1cccc(c1OCC(=O)OCC)Cc1cccc(c1OCC(=O)OCC)Cc1cccc(c1OCC(=O)NCCCNC(=O)c1ccnc(-c3cc(C)ccn3)c1)C2. The van der Waals surface area contributed by atoms with Crippen molar-refractivity contribution in [2.75, 3.05) is 59.3 Å². The molecule has 2 aromatic heterocycles. The van der Waals surface area contributed by atoms with E-state index in [-0.39, 0.29) is 90.3 Å². The Hall–Kier alpha value is -8.27. The summed E-state index contributed by atoms with van der Waals surface area (Å²) in [6.07, 6.45) is 4.79. The number of nitrogens with one attached hydrogen (secondary N) is 2. The molecule has 0 saturated heterocycles. The highest BCUT2D eigenvalue weighted by molar-refractivity contribution is 5.95. The molecule has 0 unspecified atom stereocenters. The molecule has 0 spiro atoms. The summed E-state index contributed by atoms with van der Waals surface area (Å²) in [7, 11) is 0. The highest BCUT2D eigenvalue weighted by Gasteiger charge is 2.24. The van der Waals surface area contributed by atoms with E-state index in [1.54, 1.807) is 45.3 Å². The molecular formula is C57H60N4O12. The molecule has 0 radical (unpaired) electrons. The van der Waals surface area contributed by atoms with Crippen molar-refractivity contribution in [2.45, 2.75) is 59.8 Å². The van der Waals surface area contributed by atoms with Crippen molar-refractivity contribution in [3.05, 3.63) is 165 Å². The van der Waals surface area contributed by atoms with E-state index in [9.17, 15) is 24.0 Å². The number of hydrogen-bond donors (Lipinski definition) is 2. The zero-order valence-electron chi connectivity index (χ0n) is 41.6. The number of hydrogen-bond acceptors (Lipinski definition) is 14.